The van der Waals surface area contributed by atoms with Gasteiger partial charge in [0.15, 0.2) is 0 Å². The van der Waals surface area contributed by atoms with E-state index in [9.17, 15) is 0 Å². The molecule has 2 aromatic carbocycles. The van der Waals surface area contributed by atoms with E-state index < -0.39 is 0 Å². The van der Waals surface area contributed by atoms with Gasteiger partial charge in [-0.3, -0.25) is 19.9 Å². The van der Waals surface area contributed by atoms with Gasteiger partial charge >= 0.3 is 0 Å². The molecule has 0 aliphatic carbocycles. The highest BCUT2D eigenvalue weighted by Gasteiger charge is 2.17. The Balaban J connectivity index is 1.50. The molecule has 6 nitrogen and oxygen atoms in total. The van der Waals surface area contributed by atoms with Gasteiger partial charge < -0.3 is 9.88 Å². The fourth-order valence-corrected chi connectivity index (χ4v) is 4.43. The number of nitrogens with zero attached hydrogens (tertiary/aromatic N) is 5. The van der Waals surface area contributed by atoms with Crippen molar-refractivity contribution in [2.75, 3.05) is 5.32 Å². The quantitative estimate of drug-likeness (QED) is 0.367. The second kappa shape index (κ2) is 8.41. The lowest BCUT2D eigenvalue weighted by molar-refractivity contribution is 0.918. The van der Waals surface area contributed by atoms with E-state index in [2.05, 4.69) is 85.5 Å². The van der Waals surface area contributed by atoms with Crippen LogP contribution in [-0.4, -0.2) is 24.5 Å². The number of benzene rings is 2. The molecule has 0 amide bonds. The van der Waals surface area contributed by atoms with Gasteiger partial charge in [-0.15, -0.1) is 0 Å². The summed E-state index contributed by atoms with van der Waals surface area (Å²) in [7, 11) is 2.06. The topological polar surface area (TPSA) is 68.5 Å². The highest BCUT2D eigenvalue weighted by atomic mass is 14.9. The molecular weight excluding hydrogens is 420 g/mol. The zero-order valence-corrected chi connectivity index (χ0v) is 18.6. The van der Waals surface area contributed by atoms with Crippen LogP contribution in [0.5, 0.6) is 0 Å². The lowest BCUT2D eigenvalue weighted by atomic mass is 9.99. The molecule has 1 N–H and O–H groups in total. The molecule has 6 heteroatoms. The van der Waals surface area contributed by atoms with E-state index in [1.165, 1.54) is 10.9 Å². The van der Waals surface area contributed by atoms with Crippen LogP contribution < -0.4 is 5.32 Å². The van der Waals surface area contributed by atoms with E-state index in [-0.39, 0.29) is 6.04 Å². The maximum absolute atomic E-state index is 4.67. The molecule has 164 valence electrons. The zero-order chi connectivity index (χ0) is 22.9. The molecule has 0 spiro atoms. The number of fused-ring (bicyclic) bond motifs is 2. The average molecular weight is 443 g/mol. The predicted octanol–water partition coefficient (Wildman–Crippen LogP) is 5.78. The van der Waals surface area contributed by atoms with Gasteiger partial charge in [-0.2, -0.15) is 0 Å². The van der Waals surface area contributed by atoms with Crippen molar-refractivity contribution in [1.82, 2.24) is 24.5 Å². The number of anilines is 1. The van der Waals surface area contributed by atoms with Gasteiger partial charge in [-0.05, 0) is 58.5 Å². The van der Waals surface area contributed by atoms with Crippen molar-refractivity contribution in [3.63, 3.8) is 0 Å². The Labute approximate surface area is 197 Å². The summed E-state index contributed by atoms with van der Waals surface area (Å²) in [5.41, 5.74) is 8.09. The minimum Gasteiger partial charge on any atom is -0.374 e. The predicted molar refractivity (Wildman–Crippen MR) is 135 cm³/mol. The number of hydrogen-bond donors (Lipinski definition) is 1. The largest absolute Gasteiger partial charge is 0.374 e. The molecular formula is C28H22N6. The lowest BCUT2D eigenvalue weighted by Gasteiger charge is -2.21. The molecule has 6 rings (SSSR count). The van der Waals surface area contributed by atoms with Crippen molar-refractivity contribution in [3.05, 3.63) is 115 Å². The van der Waals surface area contributed by atoms with E-state index in [0.717, 1.165) is 39.0 Å². The highest BCUT2D eigenvalue weighted by Crippen LogP contribution is 2.34. The summed E-state index contributed by atoms with van der Waals surface area (Å²) in [6.45, 7) is 0. The van der Waals surface area contributed by atoms with E-state index in [1.54, 1.807) is 24.8 Å². The van der Waals surface area contributed by atoms with Gasteiger partial charge in [0, 0.05) is 67.2 Å². The van der Waals surface area contributed by atoms with E-state index in [1.807, 2.05) is 30.6 Å². The molecule has 34 heavy (non-hydrogen) atoms. The van der Waals surface area contributed by atoms with Crippen molar-refractivity contribution in [1.29, 1.82) is 0 Å². The van der Waals surface area contributed by atoms with Crippen LogP contribution in [0.25, 0.3) is 33.1 Å². The van der Waals surface area contributed by atoms with Crippen LogP contribution >= 0.6 is 0 Å². The maximum Gasteiger partial charge on any atom is 0.0966 e. The Morgan fingerprint density at radius 3 is 2.29 bits per heavy atom. The molecule has 4 heterocycles. The standard InChI is InChI=1S/C28H22N6/c1-34-13-8-19-6-7-20(14-26(19)34)24-15-23(16-25-28(24)32-12-11-31-25)33-27(21-4-2-9-29-17-21)22-5-3-10-30-18-22/h2-18,27,33H,1H3. The average Bonchev–Trinajstić information content (AvgIpc) is 3.27. The van der Waals surface area contributed by atoms with Gasteiger partial charge in [-0.1, -0.05) is 24.3 Å². The molecule has 0 bridgehead atoms. The van der Waals surface area contributed by atoms with Gasteiger partial charge in [0.05, 0.1) is 17.1 Å². The first-order valence-electron chi connectivity index (χ1n) is 11.1. The number of pyridine rings is 2. The van der Waals surface area contributed by atoms with E-state index in [4.69, 9.17) is 0 Å². The Bertz CT molecular complexity index is 1550. The second-order valence-electron chi connectivity index (χ2n) is 8.30. The fraction of sp³-hybridized carbons (Fsp3) is 0.0714. The Hall–Kier alpha value is -4.58. The van der Waals surface area contributed by atoms with Crippen LogP contribution in [0.3, 0.4) is 0 Å². The maximum atomic E-state index is 4.67. The van der Waals surface area contributed by atoms with E-state index in [0.29, 0.717) is 0 Å². The molecule has 4 aromatic heterocycles. The zero-order valence-electron chi connectivity index (χ0n) is 18.6. The van der Waals surface area contributed by atoms with Crippen molar-refractivity contribution in [2.24, 2.45) is 7.05 Å². The molecule has 6 aromatic rings. The number of rotatable bonds is 5. The van der Waals surface area contributed by atoms with Crippen LogP contribution in [0.15, 0.2) is 104 Å². The van der Waals surface area contributed by atoms with Crippen molar-refractivity contribution in [2.45, 2.75) is 6.04 Å². The number of nitrogens with one attached hydrogen (secondary N) is 1. The smallest absolute Gasteiger partial charge is 0.0966 e. The lowest BCUT2D eigenvalue weighted by Crippen LogP contribution is -2.13. The van der Waals surface area contributed by atoms with Gasteiger partial charge in [0.25, 0.3) is 0 Å². The summed E-state index contributed by atoms with van der Waals surface area (Å²) in [5.74, 6) is 0. The third kappa shape index (κ3) is 3.65. The highest BCUT2D eigenvalue weighted by molar-refractivity contribution is 5.97. The monoisotopic (exact) mass is 442 g/mol. The minimum atomic E-state index is -0.111. The van der Waals surface area contributed by atoms with Crippen LogP contribution in [0.4, 0.5) is 5.69 Å². The van der Waals surface area contributed by atoms with Crippen LogP contribution in [-0.2, 0) is 7.05 Å². The fourth-order valence-electron chi connectivity index (χ4n) is 4.43. The summed E-state index contributed by atoms with van der Waals surface area (Å²) in [6.07, 6.45) is 12.9. The minimum absolute atomic E-state index is 0.111. The van der Waals surface area contributed by atoms with Gasteiger partial charge in [0.2, 0.25) is 0 Å². The first kappa shape index (κ1) is 20.1. The van der Waals surface area contributed by atoms with E-state index >= 15 is 0 Å². The van der Waals surface area contributed by atoms with Crippen molar-refractivity contribution in [3.8, 4) is 11.1 Å². The number of hydrogen-bond acceptors (Lipinski definition) is 5. The Morgan fingerprint density at radius 2 is 1.56 bits per heavy atom. The molecule has 0 aliphatic heterocycles. The summed E-state index contributed by atoms with van der Waals surface area (Å²) in [4.78, 5) is 18.0. The summed E-state index contributed by atoms with van der Waals surface area (Å²) in [5, 5.41) is 4.92. The summed E-state index contributed by atoms with van der Waals surface area (Å²) in [6, 6.07) is 20.8. The van der Waals surface area contributed by atoms with Crippen molar-refractivity contribution < 1.29 is 0 Å². The van der Waals surface area contributed by atoms with Crippen LogP contribution in [0, 0.1) is 0 Å². The first-order valence-corrected chi connectivity index (χ1v) is 11.1. The Kier molecular flexibility index (Phi) is 4.96. The van der Waals surface area contributed by atoms with Crippen molar-refractivity contribution >= 4 is 27.6 Å². The molecule has 0 radical (unpaired) electrons. The Morgan fingerprint density at radius 1 is 0.794 bits per heavy atom. The van der Waals surface area contributed by atoms with Crippen LogP contribution in [0.1, 0.15) is 17.2 Å². The molecule has 0 fully saturated rings. The molecule has 0 aliphatic rings. The molecule has 0 saturated heterocycles. The molecule has 0 atom stereocenters. The van der Waals surface area contributed by atoms with Crippen LogP contribution in [0.2, 0.25) is 0 Å². The van der Waals surface area contributed by atoms with Gasteiger partial charge in [0.1, 0.15) is 0 Å². The summed E-state index contributed by atoms with van der Waals surface area (Å²) >= 11 is 0. The molecule has 0 saturated carbocycles. The third-order valence-corrected chi connectivity index (χ3v) is 6.12. The van der Waals surface area contributed by atoms with Gasteiger partial charge in [-0.25, -0.2) is 0 Å². The normalized spacial score (nSPS) is 11.4. The second-order valence-corrected chi connectivity index (χ2v) is 8.30. The SMILES string of the molecule is Cn1ccc2ccc(-c3cc(NC(c4cccnc4)c4cccnc4)cc4nccnc34)cc21. The first-order chi connectivity index (χ1) is 16.8. The molecule has 0 unspecified atom stereocenters. The number of aryl methyl sites for hydroxylation is 1. The third-order valence-electron chi connectivity index (χ3n) is 6.12. The number of aromatic nitrogens is 5. The summed E-state index contributed by atoms with van der Waals surface area (Å²) < 4.78 is 2.13.